The van der Waals surface area contributed by atoms with Gasteiger partial charge in [-0.3, -0.25) is 4.79 Å². The Hall–Kier alpha value is -1.26. The number of hydrogen-bond donors (Lipinski definition) is 2. The lowest BCUT2D eigenvalue weighted by atomic mass is 9.81. The predicted octanol–water partition coefficient (Wildman–Crippen LogP) is 2.40. The van der Waals surface area contributed by atoms with Crippen LogP contribution in [0.15, 0.2) is 0 Å². The number of ether oxygens (including phenoxy) is 1. The molecule has 1 aliphatic rings. The highest BCUT2D eigenvalue weighted by molar-refractivity contribution is 5.70. The van der Waals surface area contributed by atoms with E-state index in [0.29, 0.717) is 13.0 Å². The zero-order valence-electron chi connectivity index (χ0n) is 11.4. The molecular formula is C13H23NO4. The van der Waals surface area contributed by atoms with E-state index in [1.807, 2.05) is 20.8 Å². The number of alkyl carbamates (subject to hydrolysis) is 1. The molecular weight excluding hydrogens is 234 g/mol. The first-order chi connectivity index (χ1) is 8.28. The smallest absolute Gasteiger partial charge is 0.407 e. The van der Waals surface area contributed by atoms with E-state index in [0.717, 1.165) is 19.3 Å². The van der Waals surface area contributed by atoms with Gasteiger partial charge < -0.3 is 15.2 Å². The molecule has 104 valence electrons. The van der Waals surface area contributed by atoms with E-state index >= 15 is 0 Å². The van der Waals surface area contributed by atoms with Crippen LogP contribution in [0.1, 0.15) is 46.5 Å². The molecule has 1 aliphatic carbocycles. The average molecular weight is 257 g/mol. The van der Waals surface area contributed by atoms with Crippen molar-refractivity contribution in [1.29, 1.82) is 0 Å². The number of aliphatic carboxylic acids is 1. The maximum absolute atomic E-state index is 11.5. The van der Waals surface area contributed by atoms with E-state index in [2.05, 4.69) is 5.32 Å². The van der Waals surface area contributed by atoms with E-state index in [-0.39, 0.29) is 11.8 Å². The Morgan fingerprint density at radius 1 is 1.33 bits per heavy atom. The van der Waals surface area contributed by atoms with Crippen molar-refractivity contribution < 1.29 is 19.4 Å². The van der Waals surface area contributed by atoms with Crippen molar-refractivity contribution in [2.45, 2.75) is 52.1 Å². The Labute approximate surface area is 108 Å². The van der Waals surface area contributed by atoms with Crippen molar-refractivity contribution in [3.8, 4) is 0 Å². The molecule has 0 heterocycles. The first-order valence-electron chi connectivity index (χ1n) is 6.47. The minimum atomic E-state index is -0.725. The van der Waals surface area contributed by atoms with E-state index < -0.39 is 17.7 Å². The normalized spacial score (nSPS) is 24.4. The van der Waals surface area contributed by atoms with Gasteiger partial charge in [0.1, 0.15) is 5.60 Å². The summed E-state index contributed by atoms with van der Waals surface area (Å²) in [7, 11) is 0. The van der Waals surface area contributed by atoms with Gasteiger partial charge >= 0.3 is 12.1 Å². The number of rotatable bonds is 3. The molecule has 5 heteroatoms. The lowest BCUT2D eigenvalue weighted by Gasteiger charge is -2.27. The molecule has 0 aliphatic heterocycles. The first-order valence-corrected chi connectivity index (χ1v) is 6.47. The lowest BCUT2D eigenvalue weighted by Crippen LogP contribution is -2.37. The highest BCUT2D eigenvalue weighted by atomic mass is 16.6. The van der Waals surface area contributed by atoms with Gasteiger partial charge in [0.15, 0.2) is 0 Å². The van der Waals surface area contributed by atoms with Gasteiger partial charge in [0.05, 0.1) is 5.92 Å². The third-order valence-corrected chi connectivity index (χ3v) is 3.07. The van der Waals surface area contributed by atoms with Crippen molar-refractivity contribution in [2.75, 3.05) is 6.54 Å². The summed E-state index contributed by atoms with van der Waals surface area (Å²) in [6, 6.07) is 0. The van der Waals surface area contributed by atoms with Crippen LogP contribution in [0.3, 0.4) is 0 Å². The molecule has 1 rings (SSSR count). The Kier molecular flexibility index (Phi) is 4.99. The van der Waals surface area contributed by atoms with Crippen LogP contribution in [0.25, 0.3) is 0 Å². The summed E-state index contributed by atoms with van der Waals surface area (Å²) in [6.07, 6.45) is 2.85. The number of carboxylic acids is 1. The van der Waals surface area contributed by atoms with Crippen molar-refractivity contribution in [2.24, 2.45) is 11.8 Å². The summed E-state index contributed by atoms with van der Waals surface area (Å²) in [5, 5.41) is 11.7. The summed E-state index contributed by atoms with van der Waals surface area (Å²) in [6.45, 7) is 5.94. The van der Waals surface area contributed by atoms with Crippen LogP contribution in [0.5, 0.6) is 0 Å². The molecule has 2 N–H and O–H groups in total. The van der Waals surface area contributed by atoms with Crippen LogP contribution in [0.4, 0.5) is 4.79 Å². The van der Waals surface area contributed by atoms with E-state index in [9.17, 15) is 9.59 Å². The molecule has 0 spiro atoms. The van der Waals surface area contributed by atoms with E-state index in [1.165, 1.54) is 0 Å². The Morgan fingerprint density at radius 3 is 2.56 bits per heavy atom. The van der Waals surface area contributed by atoms with Gasteiger partial charge in [-0.15, -0.1) is 0 Å². The number of carboxylic acid groups (broad SMARTS) is 1. The molecule has 0 bridgehead atoms. The highest BCUT2D eigenvalue weighted by Crippen LogP contribution is 2.28. The van der Waals surface area contributed by atoms with Crippen LogP contribution in [0, 0.1) is 11.8 Å². The largest absolute Gasteiger partial charge is 0.481 e. The maximum Gasteiger partial charge on any atom is 0.407 e. The van der Waals surface area contributed by atoms with Gasteiger partial charge in [0, 0.05) is 6.54 Å². The van der Waals surface area contributed by atoms with Gasteiger partial charge in [-0.2, -0.15) is 0 Å². The van der Waals surface area contributed by atoms with Crippen molar-refractivity contribution in [3.63, 3.8) is 0 Å². The molecule has 0 radical (unpaired) electrons. The molecule has 0 unspecified atom stereocenters. The molecule has 5 nitrogen and oxygen atoms in total. The van der Waals surface area contributed by atoms with E-state index in [1.54, 1.807) is 0 Å². The van der Waals surface area contributed by atoms with Crippen LogP contribution < -0.4 is 5.32 Å². The fraction of sp³-hybridized carbons (Fsp3) is 0.846. The third-order valence-electron chi connectivity index (χ3n) is 3.07. The van der Waals surface area contributed by atoms with Crippen LogP contribution >= 0.6 is 0 Å². The summed E-state index contributed by atoms with van der Waals surface area (Å²) >= 11 is 0. The fourth-order valence-corrected chi connectivity index (χ4v) is 2.24. The Balaban J connectivity index is 2.31. The second-order valence-electron chi connectivity index (χ2n) is 5.95. The van der Waals surface area contributed by atoms with Gasteiger partial charge in [0.2, 0.25) is 0 Å². The standard InChI is InChI=1S/C13H23NO4/c1-13(2,3)18-12(17)14-8-9-5-4-6-10(7-9)11(15)16/h9-10H,4-8H2,1-3H3,(H,14,17)(H,15,16)/t9-,10+/m1/s1. The second kappa shape index (κ2) is 6.07. The SMILES string of the molecule is CC(C)(C)OC(=O)NC[C@@H]1CCC[C@H](C(=O)O)C1. The van der Waals surface area contributed by atoms with Gasteiger partial charge in [-0.25, -0.2) is 4.79 Å². The number of hydrogen-bond acceptors (Lipinski definition) is 3. The van der Waals surface area contributed by atoms with Crippen LogP contribution in [-0.4, -0.2) is 29.3 Å². The molecule has 18 heavy (non-hydrogen) atoms. The molecule has 0 aromatic rings. The average Bonchev–Trinajstić information content (AvgIpc) is 2.24. The monoisotopic (exact) mass is 257 g/mol. The topological polar surface area (TPSA) is 75.6 Å². The minimum absolute atomic E-state index is 0.243. The molecule has 0 aromatic carbocycles. The molecule has 1 saturated carbocycles. The zero-order chi connectivity index (χ0) is 13.8. The third kappa shape index (κ3) is 5.38. The van der Waals surface area contributed by atoms with E-state index in [4.69, 9.17) is 9.84 Å². The molecule has 1 fully saturated rings. The molecule has 0 aromatic heterocycles. The predicted molar refractivity (Wildman–Crippen MR) is 67.3 cm³/mol. The van der Waals surface area contributed by atoms with Crippen LogP contribution in [0.2, 0.25) is 0 Å². The molecule has 1 amide bonds. The quantitative estimate of drug-likeness (QED) is 0.814. The first kappa shape index (κ1) is 14.8. The number of amides is 1. The van der Waals surface area contributed by atoms with Crippen molar-refractivity contribution in [1.82, 2.24) is 5.32 Å². The molecule has 0 saturated heterocycles. The maximum atomic E-state index is 11.5. The minimum Gasteiger partial charge on any atom is -0.481 e. The number of nitrogens with one attached hydrogen (secondary N) is 1. The number of carbonyl (C=O) groups is 2. The van der Waals surface area contributed by atoms with Gasteiger partial charge in [-0.1, -0.05) is 6.42 Å². The zero-order valence-corrected chi connectivity index (χ0v) is 11.4. The summed E-state index contributed by atoms with van der Waals surface area (Å²) < 4.78 is 5.14. The van der Waals surface area contributed by atoms with Crippen LogP contribution in [-0.2, 0) is 9.53 Å². The number of carbonyl (C=O) groups excluding carboxylic acids is 1. The van der Waals surface area contributed by atoms with Crippen molar-refractivity contribution in [3.05, 3.63) is 0 Å². The Morgan fingerprint density at radius 2 is 2.00 bits per heavy atom. The summed E-state index contributed by atoms with van der Waals surface area (Å²) in [5.74, 6) is -0.742. The second-order valence-corrected chi connectivity index (χ2v) is 5.95. The fourth-order valence-electron chi connectivity index (χ4n) is 2.24. The molecule has 2 atom stereocenters. The Bertz CT molecular complexity index is 309. The van der Waals surface area contributed by atoms with Crippen molar-refractivity contribution >= 4 is 12.1 Å². The summed E-state index contributed by atoms with van der Waals surface area (Å²) in [4.78, 5) is 22.4. The lowest BCUT2D eigenvalue weighted by molar-refractivity contribution is -0.143. The summed E-state index contributed by atoms with van der Waals surface area (Å²) in [5.41, 5.74) is -0.500. The van der Waals surface area contributed by atoms with Gasteiger partial charge in [-0.05, 0) is 46.0 Å². The highest BCUT2D eigenvalue weighted by Gasteiger charge is 2.27. The van der Waals surface area contributed by atoms with Gasteiger partial charge in [0.25, 0.3) is 0 Å².